The monoisotopic (exact) mass is 334 g/mol. The van der Waals surface area contributed by atoms with E-state index in [9.17, 15) is 8.42 Å². The third-order valence-corrected chi connectivity index (χ3v) is 5.66. The summed E-state index contributed by atoms with van der Waals surface area (Å²) in [5.41, 5.74) is 0. The van der Waals surface area contributed by atoms with Crippen LogP contribution in [0, 0.1) is 0 Å². The van der Waals surface area contributed by atoms with E-state index in [0.717, 1.165) is 31.7 Å². The Morgan fingerprint density at radius 2 is 1.78 bits per heavy atom. The summed E-state index contributed by atoms with van der Waals surface area (Å²) >= 11 is 0. The van der Waals surface area contributed by atoms with Crippen molar-refractivity contribution in [1.29, 1.82) is 0 Å². The van der Waals surface area contributed by atoms with Gasteiger partial charge in [0, 0.05) is 6.54 Å². The molecule has 1 aromatic heterocycles. The van der Waals surface area contributed by atoms with Gasteiger partial charge in [0.2, 0.25) is 10.0 Å². The van der Waals surface area contributed by atoms with Crippen LogP contribution in [0.3, 0.4) is 0 Å². The van der Waals surface area contributed by atoms with Crippen molar-refractivity contribution in [1.82, 2.24) is 9.62 Å². The SMILES string of the molecule is O=S(=O)(NC[C@@H](c1ccco1)N1CCCCC1)c1ccccc1. The molecule has 23 heavy (non-hydrogen) atoms. The molecule has 1 fully saturated rings. The maximum atomic E-state index is 12.4. The lowest BCUT2D eigenvalue weighted by Crippen LogP contribution is -2.40. The van der Waals surface area contributed by atoms with Crippen LogP contribution in [0.15, 0.2) is 58.0 Å². The van der Waals surface area contributed by atoms with Crippen LogP contribution >= 0.6 is 0 Å². The number of hydrogen-bond donors (Lipinski definition) is 1. The lowest BCUT2D eigenvalue weighted by atomic mass is 10.1. The van der Waals surface area contributed by atoms with E-state index in [1.165, 1.54) is 6.42 Å². The van der Waals surface area contributed by atoms with Gasteiger partial charge in [0.15, 0.2) is 0 Å². The fourth-order valence-electron chi connectivity index (χ4n) is 2.99. The van der Waals surface area contributed by atoms with Gasteiger partial charge in [-0.05, 0) is 50.2 Å². The van der Waals surface area contributed by atoms with Gasteiger partial charge in [-0.3, -0.25) is 4.90 Å². The maximum Gasteiger partial charge on any atom is 0.240 e. The van der Waals surface area contributed by atoms with E-state index >= 15 is 0 Å². The molecule has 0 radical (unpaired) electrons. The molecule has 2 aromatic rings. The zero-order valence-electron chi connectivity index (χ0n) is 13.0. The summed E-state index contributed by atoms with van der Waals surface area (Å²) in [6.07, 6.45) is 5.15. The lowest BCUT2D eigenvalue weighted by molar-refractivity contribution is 0.147. The van der Waals surface area contributed by atoms with E-state index in [4.69, 9.17) is 4.42 Å². The van der Waals surface area contributed by atoms with Crippen molar-refractivity contribution in [3.05, 3.63) is 54.5 Å². The molecular weight excluding hydrogens is 312 g/mol. The fraction of sp³-hybridized carbons (Fsp3) is 0.412. The molecule has 1 N–H and O–H groups in total. The van der Waals surface area contributed by atoms with E-state index < -0.39 is 10.0 Å². The van der Waals surface area contributed by atoms with Gasteiger partial charge in [-0.1, -0.05) is 24.6 Å². The van der Waals surface area contributed by atoms with Gasteiger partial charge < -0.3 is 4.42 Å². The highest BCUT2D eigenvalue weighted by Gasteiger charge is 2.26. The quantitative estimate of drug-likeness (QED) is 0.882. The molecule has 0 unspecified atom stereocenters. The van der Waals surface area contributed by atoms with Gasteiger partial charge in [0.1, 0.15) is 5.76 Å². The van der Waals surface area contributed by atoms with Crippen LogP contribution < -0.4 is 4.72 Å². The van der Waals surface area contributed by atoms with Crippen LogP contribution in [0.4, 0.5) is 0 Å². The highest BCUT2D eigenvalue weighted by atomic mass is 32.2. The summed E-state index contributed by atoms with van der Waals surface area (Å²) in [6.45, 7) is 2.25. The number of hydrogen-bond acceptors (Lipinski definition) is 4. The molecule has 1 saturated heterocycles. The van der Waals surface area contributed by atoms with Crippen molar-refractivity contribution in [2.24, 2.45) is 0 Å². The highest BCUT2D eigenvalue weighted by molar-refractivity contribution is 7.89. The summed E-state index contributed by atoms with van der Waals surface area (Å²) in [6, 6.07) is 12.2. The van der Waals surface area contributed by atoms with Gasteiger partial charge >= 0.3 is 0 Å². The highest BCUT2D eigenvalue weighted by Crippen LogP contribution is 2.25. The zero-order valence-corrected chi connectivity index (χ0v) is 13.8. The molecule has 0 saturated carbocycles. The van der Waals surface area contributed by atoms with Crippen LogP contribution in [-0.2, 0) is 10.0 Å². The van der Waals surface area contributed by atoms with Crippen LogP contribution in [0.25, 0.3) is 0 Å². The molecule has 1 aromatic carbocycles. The standard InChI is InChI=1S/C17H22N2O3S/c20-23(21,15-8-3-1-4-9-15)18-14-16(17-10-7-13-22-17)19-11-5-2-6-12-19/h1,3-4,7-10,13,16,18H,2,5-6,11-12,14H2/t16-/m0/s1. The molecule has 0 spiro atoms. The number of sulfonamides is 1. The number of furan rings is 1. The summed E-state index contributed by atoms with van der Waals surface area (Å²) in [7, 11) is -3.50. The zero-order chi connectivity index (χ0) is 16.1. The first kappa shape index (κ1) is 16.2. The average Bonchev–Trinajstić information content (AvgIpc) is 3.11. The first-order chi connectivity index (χ1) is 11.2. The molecule has 2 heterocycles. The predicted molar refractivity (Wildman–Crippen MR) is 88.5 cm³/mol. The lowest BCUT2D eigenvalue weighted by Gasteiger charge is -2.33. The number of nitrogens with one attached hydrogen (secondary N) is 1. The molecule has 5 nitrogen and oxygen atoms in total. The smallest absolute Gasteiger partial charge is 0.240 e. The van der Waals surface area contributed by atoms with Gasteiger partial charge in [-0.25, -0.2) is 13.1 Å². The molecule has 124 valence electrons. The summed E-state index contributed by atoms with van der Waals surface area (Å²) in [5.74, 6) is 0.808. The van der Waals surface area contributed by atoms with Crippen LogP contribution in [-0.4, -0.2) is 33.0 Å². The van der Waals surface area contributed by atoms with Crippen molar-refractivity contribution in [3.63, 3.8) is 0 Å². The normalized spacial score (nSPS) is 17.9. The Bertz CT molecular complexity index is 693. The van der Waals surface area contributed by atoms with Gasteiger partial charge in [0.25, 0.3) is 0 Å². The average molecular weight is 334 g/mol. The van der Waals surface area contributed by atoms with Crippen molar-refractivity contribution in [3.8, 4) is 0 Å². The number of nitrogens with zero attached hydrogens (tertiary/aromatic N) is 1. The maximum absolute atomic E-state index is 12.4. The second kappa shape index (κ2) is 7.29. The Hall–Kier alpha value is -1.63. The predicted octanol–water partition coefficient (Wildman–Crippen LogP) is 2.79. The second-order valence-electron chi connectivity index (χ2n) is 5.79. The topological polar surface area (TPSA) is 62.6 Å². The van der Waals surface area contributed by atoms with E-state index in [0.29, 0.717) is 6.54 Å². The van der Waals surface area contributed by atoms with E-state index in [2.05, 4.69) is 9.62 Å². The fourth-order valence-corrected chi connectivity index (χ4v) is 4.05. The Morgan fingerprint density at radius 3 is 2.43 bits per heavy atom. The molecule has 0 bridgehead atoms. The number of piperidine rings is 1. The minimum atomic E-state index is -3.50. The first-order valence-electron chi connectivity index (χ1n) is 7.99. The number of benzene rings is 1. The van der Waals surface area contributed by atoms with Crippen LogP contribution in [0.1, 0.15) is 31.1 Å². The largest absolute Gasteiger partial charge is 0.468 e. The molecular formula is C17H22N2O3S. The molecule has 0 aliphatic carbocycles. The van der Waals surface area contributed by atoms with Gasteiger partial charge in [-0.2, -0.15) is 0 Å². The number of rotatable bonds is 6. The van der Waals surface area contributed by atoms with Crippen LogP contribution in [0.2, 0.25) is 0 Å². The molecule has 0 amide bonds. The Labute approximate surface area is 137 Å². The summed E-state index contributed by atoms with van der Waals surface area (Å²) in [5, 5.41) is 0. The molecule has 1 aliphatic rings. The number of likely N-dealkylation sites (tertiary alicyclic amines) is 1. The summed E-state index contributed by atoms with van der Waals surface area (Å²) in [4.78, 5) is 2.59. The second-order valence-corrected chi connectivity index (χ2v) is 7.56. The Morgan fingerprint density at radius 1 is 1.04 bits per heavy atom. The third-order valence-electron chi connectivity index (χ3n) is 4.22. The molecule has 1 atom stereocenters. The van der Waals surface area contributed by atoms with Gasteiger partial charge in [-0.15, -0.1) is 0 Å². The van der Waals surface area contributed by atoms with E-state index in [1.807, 2.05) is 12.1 Å². The van der Waals surface area contributed by atoms with Crippen molar-refractivity contribution in [2.45, 2.75) is 30.2 Å². The molecule has 1 aliphatic heterocycles. The Kier molecular flexibility index (Phi) is 5.15. The van der Waals surface area contributed by atoms with Crippen molar-refractivity contribution < 1.29 is 12.8 Å². The summed E-state index contributed by atoms with van der Waals surface area (Å²) < 4.78 is 33.1. The third kappa shape index (κ3) is 4.02. The molecule has 6 heteroatoms. The van der Waals surface area contributed by atoms with Crippen LogP contribution in [0.5, 0.6) is 0 Å². The minimum Gasteiger partial charge on any atom is -0.468 e. The molecule has 3 rings (SSSR count). The van der Waals surface area contributed by atoms with Crippen molar-refractivity contribution >= 4 is 10.0 Å². The van der Waals surface area contributed by atoms with E-state index in [1.54, 1.807) is 36.6 Å². The first-order valence-corrected chi connectivity index (χ1v) is 9.47. The van der Waals surface area contributed by atoms with E-state index in [-0.39, 0.29) is 10.9 Å². The van der Waals surface area contributed by atoms with Gasteiger partial charge in [0.05, 0.1) is 17.2 Å². The minimum absolute atomic E-state index is 0.0659. The van der Waals surface area contributed by atoms with Crippen molar-refractivity contribution in [2.75, 3.05) is 19.6 Å². The Balaban J connectivity index is 1.74.